The van der Waals surface area contributed by atoms with E-state index in [1.54, 1.807) is 23.1 Å². The van der Waals surface area contributed by atoms with Crippen LogP contribution in [0.25, 0.3) is 0 Å². The van der Waals surface area contributed by atoms with Crippen molar-refractivity contribution in [1.82, 2.24) is 0 Å². The lowest BCUT2D eigenvalue weighted by atomic mass is 9.69. The number of allylic oxidation sites excluding steroid dienone is 2. The summed E-state index contributed by atoms with van der Waals surface area (Å²) in [4.78, 5) is 19.1. The fraction of sp³-hybridized carbons (Fsp3) is 0.375. The molecular formula is C24H24N2OS2. The van der Waals surface area contributed by atoms with Crippen LogP contribution in [0.15, 0.2) is 58.0 Å². The van der Waals surface area contributed by atoms with Gasteiger partial charge in [-0.1, -0.05) is 49.7 Å². The molecule has 2 aromatic rings. The number of thioether (sulfide) groups is 1. The number of benzene rings is 1. The van der Waals surface area contributed by atoms with Crippen molar-refractivity contribution < 1.29 is 4.79 Å². The molecule has 3 nitrogen and oxygen atoms in total. The number of hydrogen-bond acceptors (Lipinski definition) is 5. The van der Waals surface area contributed by atoms with Gasteiger partial charge in [-0.05, 0) is 35.8 Å². The standard InChI is InChI=1S/C24H24N2OS2/c1-15-6-8-16(9-7-15)14-29-23-17(13-25)21(20-5-4-10-28-20)22-18(26-23)11-24(2,3)12-19(22)27/h4-10,17,21H,11-12,14H2,1-3H3/t17?,21-/m0/s1. The summed E-state index contributed by atoms with van der Waals surface area (Å²) in [6, 6.07) is 15.0. The number of aliphatic imine (C=N–C) groups is 1. The molecule has 1 unspecified atom stereocenters. The van der Waals surface area contributed by atoms with Gasteiger partial charge >= 0.3 is 0 Å². The van der Waals surface area contributed by atoms with Gasteiger partial charge in [0.1, 0.15) is 5.92 Å². The van der Waals surface area contributed by atoms with Crippen LogP contribution in [-0.4, -0.2) is 10.8 Å². The zero-order chi connectivity index (χ0) is 20.6. The van der Waals surface area contributed by atoms with Crippen molar-refractivity contribution >= 4 is 33.9 Å². The van der Waals surface area contributed by atoms with Gasteiger partial charge in [0.2, 0.25) is 0 Å². The van der Waals surface area contributed by atoms with Gasteiger partial charge in [0.25, 0.3) is 0 Å². The van der Waals surface area contributed by atoms with Gasteiger partial charge in [-0.15, -0.1) is 23.1 Å². The highest BCUT2D eigenvalue weighted by Crippen LogP contribution is 2.49. The molecule has 5 heteroatoms. The summed E-state index contributed by atoms with van der Waals surface area (Å²) in [5.74, 6) is 0.319. The summed E-state index contributed by atoms with van der Waals surface area (Å²) >= 11 is 3.26. The predicted molar refractivity (Wildman–Crippen MR) is 121 cm³/mol. The maximum atomic E-state index is 13.1. The summed E-state index contributed by atoms with van der Waals surface area (Å²) in [7, 11) is 0. The second-order valence-corrected chi connectivity index (χ2v) is 10.6. The third-order valence-corrected chi connectivity index (χ3v) is 7.62. The van der Waals surface area contributed by atoms with Crippen molar-refractivity contribution in [3.63, 3.8) is 0 Å². The van der Waals surface area contributed by atoms with E-state index in [9.17, 15) is 10.1 Å². The van der Waals surface area contributed by atoms with Gasteiger partial charge < -0.3 is 0 Å². The highest BCUT2D eigenvalue weighted by molar-refractivity contribution is 8.13. The van der Waals surface area contributed by atoms with Crippen LogP contribution in [-0.2, 0) is 10.5 Å². The lowest BCUT2D eigenvalue weighted by Gasteiger charge is -2.37. The van der Waals surface area contributed by atoms with Crippen molar-refractivity contribution in [2.45, 2.75) is 45.3 Å². The number of carbonyl (C=O) groups excluding carboxylic acids is 1. The molecule has 2 atom stereocenters. The first-order valence-electron chi connectivity index (χ1n) is 9.84. The van der Waals surface area contributed by atoms with Crippen molar-refractivity contribution in [1.29, 1.82) is 5.26 Å². The maximum Gasteiger partial charge on any atom is 0.161 e. The molecule has 0 bridgehead atoms. The number of thiophene rings is 1. The fourth-order valence-corrected chi connectivity index (χ4v) is 6.06. The number of carbonyl (C=O) groups is 1. The van der Waals surface area contributed by atoms with E-state index in [0.717, 1.165) is 33.4 Å². The average molecular weight is 421 g/mol. The van der Waals surface area contributed by atoms with Gasteiger partial charge in [0.05, 0.1) is 11.1 Å². The maximum absolute atomic E-state index is 13.1. The molecule has 0 fully saturated rings. The Balaban J connectivity index is 1.73. The minimum absolute atomic E-state index is 0.0916. The molecule has 1 aliphatic carbocycles. The van der Waals surface area contributed by atoms with E-state index in [2.05, 4.69) is 51.1 Å². The van der Waals surface area contributed by atoms with Crippen molar-refractivity contribution in [3.8, 4) is 6.07 Å². The molecule has 0 saturated heterocycles. The molecule has 29 heavy (non-hydrogen) atoms. The molecule has 0 spiro atoms. The molecule has 0 radical (unpaired) electrons. The first-order chi connectivity index (χ1) is 13.9. The van der Waals surface area contributed by atoms with E-state index in [4.69, 9.17) is 4.99 Å². The number of ketones is 1. The first-order valence-corrected chi connectivity index (χ1v) is 11.7. The Morgan fingerprint density at radius 1 is 1.24 bits per heavy atom. The molecule has 2 heterocycles. The highest BCUT2D eigenvalue weighted by atomic mass is 32.2. The van der Waals surface area contributed by atoms with Crippen LogP contribution in [0.4, 0.5) is 0 Å². The quantitative estimate of drug-likeness (QED) is 0.588. The average Bonchev–Trinajstić information content (AvgIpc) is 3.19. The lowest BCUT2D eigenvalue weighted by Crippen LogP contribution is -2.34. The van der Waals surface area contributed by atoms with Gasteiger partial charge in [0.15, 0.2) is 5.78 Å². The van der Waals surface area contributed by atoms with Crippen LogP contribution in [0, 0.1) is 29.6 Å². The van der Waals surface area contributed by atoms with Crippen LogP contribution in [0.1, 0.15) is 48.6 Å². The Morgan fingerprint density at radius 2 is 2.00 bits per heavy atom. The lowest BCUT2D eigenvalue weighted by molar-refractivity contribution is -0.118. The molecule has 1 aromatic carbocycles. The van der Waals surface area contributed by atoms with Crippen LogP contribution in [0.5, 0.6) is 0 Å². The molecule has 0 N–H and O–H groups in total. The minimum Gasteiger partial charge on any atom is -0.294 e. The zero-order valence-corrected chi connectivity index (χ0v) is 18.6. The number of Topliss-reactive ketones (excluding diaryl/α,β-unsaturated/α-hetero) is 1. The van der Waals surface area contributed by atoms with E-state index in [1.165, 1.54) is 11.1 Å². The topological polar surface area (TPSA) is 53.2 Å². The van der Waals surface area contributed by atoms with Crippen LogP contribution >= 0.6 is 23.1 Å². The second-order valence-electron chi connectivity index (χ2n) is 8.63. The van der Waals surface area contributed by atoms with E-state index in [-0.39, 0.29) is 17.1 Å². The smallest absolute Gasteiger partial charge is 0.161 e. The molecular weight excluding hydrogens is 396 g/mol. The third kappa shape index (κ3) is 4.10. The summed E-state index contributed by atoms with van der Waals surface area (Å²) < 4.78 is 0. The fourth-order valence-electron chi connectivity index (χ4n) is 4.13. The van der Waals surface area contributed by atoms with Crippen molar-refractivity contribution in [2.75, 3.05) is 0 Å². The Bertz CT molecular complexity index is 1020. The largest absolute Gasteiger partial charge is 0.294 e. The minimum atomic E-state index is -0.409. The number of aryl methyl sites for hydroxylation is 1. The number of rotatable bonds is 3. The molecule has 1 aromatic heterocycles. The summed E-state index contributed by atoms with van der Waals surface area (Å²) in [5.41, 5.74) is 4.03. The van der Waals surface area contributed by atoms with Crippen LogP contribution in [0.3, 0.4) is 0 Å². The molecule has 0 amide bonds. The monoisotopic (exact) mass is 420 g/mol. The Hall–Kier alpha value is -2.16. The van der Waals surface area contributed by atoms with Gasteiger partial charge in [0, 0.05) is 34.2 Å². The van der Waals surface area contributed by atoms with Crippen molar-refractivity contribution in [3.05, 3.63) is 69.1 Å². The Labute approximate surface area is 180 Å². The van der Waals surface area contributed by atoms with Crippen molar-refractivity contribution in [2.24, 2.45) is 16.3 Å². The summed E-state index contributed by atoms with van der Waals surface area (Å²) in [6.07, 6.45) is 1.30. The number of hydrogen-bond donors (Lipinski definition) is 0. The normalized spacial score (nSPS) is 23.4. The predicted octanol–water partition coefficient (Wildman–Crippen LogP) is 6.27. The second kappa shape index (κ2) is 7.93. The van der Waals surface area contributed by atoms with Crippen LogP contribution in [0.2, 0.25) is 0 Å². The van der Waals surface area contributed by atoms with E-state index in [0.29, 0.717) is 6.42 Å². The molecule has 2 aliphatic rings. The van der Waals surface area contributed by atoms with Crippen LogP contribution < -0.4 is 0 Å². The molecule has 0 saturated carbocycles. The van der Waals surface area contributed by atoms with Gasteiger partial charge in [-0.3, -0.25) is 4.79 Å². The third-order valence-electron chi connectivity index (χ3n) is 5.55. The number of nitriles is 1. The molecule has 1 aliphatic heterocycles. The summed E-state index contributed by atoms with van der Waals surface area (Å²) in [5, 5.41) is 12.9. The van der Waals surface area contributed by atoms with E-state index in [1.807, 2.05) is 17.5 Å². The van der Waals surface area contributed by atoms with Gasteiger partial charge in [-0.25, -0.2) is 4.99 Å². The van der Waals surface area contributed by atoms with Gasteiger partial charge in [-0.2, -0.15) is 5.26 Å². The Morgan fingerprint density at radius 3 is 2.66 bits per heavy atom. The van der Waals surface area contributed by atoms with E-state index < -0.39 is 5.92 Å². The first kappa shape index (κ1) is 20.1. The SMILES string of the molecule is Cc1ccc(CSC2=NC3=C(C(=O)CC(C)(C)C3)[C@H](c3cccs3)C2C#N)cc1. The summed E-state index contributed by atoms with van der Waals surface area (Å²) in [6.45, 7) is 6.33. The molecule has 4 rings (SSSR count). The Kier molecular flexibility index (Phi) is 5.50. The van der Waals surface area contributed by atoms with E-state index >= 15 is 0 Å². The zero-order valence-electron chi connectivity index (χ0n) is 16.9. The number of nitrogens with zero attached hydrogens (tertiary/aromatic N) is 2. The highest BCUT2D eigenvalue weighted by Gasteiger charge is 2.44. The molecule has 148 valence electrons.